The molecular weight excluding hydrogens is 238 g/mol. The quantitative estimate of drug-likeness (QED) is 0.821. The third kappa shape index (κ3) is 2.53. The minimum Gasteiger partial charge on any atom is -0.398 e. The highest BCUT2D eigenvalue weighted by atomic mass is 16.2. The number of anilines is 2. The lowest BCUT2D eigenvalue weighted by molar-refractivity contribution is -0.132. The first-order valence-corrected chi connectivity index (χ1v) is 7.05. The lowest BCUT2D eigenvalue weighted by atomic mass is 10.1. The van der Waals surface area contributed by atoms with E-state index in [9.17, 15) is 4.79 Å². The van der Waals surface area contributed by atoms with Gasteiger partial charge in [-0.3, -0.25) is 4.79 Å². The number of hydrogen-bond acceptors (Lipinski definition) is 3. The van der Waals surface area contributed by atoms with Gasteiger partial charge < -0.3 is 15.5 Å². The van der Waals surface area contributed by atoms with Crippen molar-refractivity contribution in [1.29, 1.82) is 0 Å². The Morgan fingerprint density at radius 1 is 1.21 bits per heavy atom. The van der Waals surface area contributed by atoms with Gasteiger partial charge in [-0.05, 0) is 37.5 Å². The van der Waals surface area contributed by atoms with Gasteiger partial charge in [0.1, 0.15) is 0 Å². The molecule has 19 heavy (non-hydrogen) atoms. The molecule has 0 unspecified atom stereocenters. The maximum absolute atomic E-state index is 12.0. The van der Waals surface area contributed by atoms with Crippen molar-refractivity contribution in [2.45, 2.75) is 19.8 Å². The van der Waals surface area contributed by atoms with Crippen molar-refractivity contribution < 1.29 is 4.79 Å². The van der Waals surface area contributed by atoms with E-state index in [1.165, 1.54) is 5.69 Å². The predicted octanol–water partition coefficient (Wildman–Crippen LogP) is 1.64. The van der Waals surface area contributed by atoms with E-state index in [0.29, 0.717) is 11.8 Å². The number of nitrogen functional groups attached to an aromatic ring is 1. The predicted molar refractivity (Wildman–Crippen MR) is 77.1 cm³/mol. The molecule has 0 radical (unpaired) electrons. The molecule has 1 aromatic carbocycles. The molecule has 1 aromatic rings. The summed E-state index contributed by atoms with van der Waals surface area (Å²) in [5, 5.41) is 0. The fourth-order valence-electron chi connectivity index (χ4n) is 2.60. The molecule has 2 aliphatic rings. The molecule has 1 heterocycles. The lowest BCUT2D eigenvalue weighted by Crippen LogP contribution is -2.49. The van der Waals surface area contributed by atoms with Crippen LogP contribution in [0, 0.1) is 12.8 Å². The van der Waals surface area contributed by atoms with E-state index in [4.69, 9.17) is 5.73 Å². The number of piperazine rings is 1. The largest absolute Gasteiger partial charge is 0.398 e. The van der Waals surface area contributed by atoms with Crippen LogP contribution in [0.1, 0.15) is 18.4 Å². The van der Waals surface area contributed by atoms with Crippen molar-refractivity contribution in [2.24, 2.45) is 5.92 Å². The van der Waals surface area contributed by atoms with E-state index in [1.807, 2.05) is 17.9 Å². The average Bonchev–Trinajstić information content (AvgIpc) is 3.26. The second kappa shape index (κ2) is 4.76. The second-order valence-electron chi connectivity index (χ2n) is 5.63. The number of amides is 1. The zero-order chi connectivity index (χ0) is 13.4. The van der Waals surface area contributed by atoms with Crippen LogP contribution in [0.2, 0.25) is 0 Å². The Kier molecular flexibility index (Phi) is 3.09. The zero-order valence-corrected chi connectivity index (χ0v) is 11.4. The molecule has 0 spiro atoms. The zero-order valence-electron chi connectivity index (χ0n) is 11.4. The molecule has 1 aliphatic carbocycles. The van der Waals surface area contributed by atoms with Crippen LogP contribution in [0.15, 0.2) is 18.2 Å². The third-order valence-electron chi connectivity index (χ3n) is 4.15. The minimum absolute atomic E-state index is 0.335. The van der Waals surface area contributed by atoms with Crippen molar-refractivity contribution in [3.8, 4) is 0 Å². The van der Waals surface area contributed by atoms with Crippen molar-refractivity contribution in [2.75, 3.05) is 36.8 Å². The summed E-state index contributed by atoms with van der Waals surface area (Å²) in [4.78, 5) is 16.3. The Morgan fingerprint density at radius 2 is 1.89 bits per heavy atom. The van der Waals surface area contributed by atoms with E-state index >= 15 is 0 Å². The highest BCUT2D eigenvalue weighted by molar-refractivity contribution is 5.81. The number of carbonyl (C=O) groups is 1. The van der Waals surface area contributed by atoms with Crippen LogP contribution in [0.5, 0.6) is 0 Å². The van der Waals surface area contributed by atoms with Crippen molar-refractivity contribution >= 4 is 17.3 Å². The minimum atomic E-state index is 0.335. The van der Waals surface area contributed by atoms with Crippen molar-refractivity contribution in [3.63, 3.8) is 0 Å². The Labute approximate surface area is 114 Å². The third-order valence-corrected chi connectivity index (χ3v) is 4.15. The van der Waals surface area contributed by atoms with Crippen LogP contribution in [0.3, 0.4) is 0 Å². The number of carbonyl (C=O) groups excluding carboxylic acids is 1. The average molecular weight is 259 g/mol. The Hall–Kier alpha value is -1.71. The van der Waals surface area contributed by atoms with Gasteiger partial charge >= 0.3 is 0 Å². The summed E-state index contributed by atoms with van der Waals surface area (Å²) in [7, 11) is 0. The van der Waals surface area contributed by atoms with Gasteiger partial charge in [0.05, 0.1) is 0 Å². The molecule has 4 nitrogen and oxygen atoms in total. The molecule has 0 aromatic heterocycles. The smallest absolute Gasteiger partial charge is 0.225 e. The number of rotatable bonds is 2. The SMILES string of the molecule is Cc1ccc(N2CCN(C(=O)C3CC3)CC2)cc1N. The maximum Gasteiger partial charge on any atom is 0.225 e. The van der Waals surface area contributed by atoms with Crippen LogP contribution in [-0.4, -0.2) is 37.0 Å². The normalized spacial score (nSPS) is 19.6. The van der Waals surface area contributed by atoms with E-state index < -0.39 is 0 Å². The summed E-state index contributed by atoms with van der Waals surface area (Å²) in [5.41, 5.74) is 9.09. The van der Waals surface area contributed by atoms with E-state index in [2.05, 4.69) is 17.0 Å². The molecule has 102 valence electrons. The Morgan fingerprint density at radius 3 is 2.47 bits per heavy atom. The number of nitrogens with zero attached hydrogens (tertiary/aromatic N) is 2. The standard InChI is InChI=1S/C15H21N3O/c1-11-2-5-13(10-14(11)16)17-6-8-18(9-7-17)15(19)12-3-4-12/h2,5,10,12H,3-4,6-9,16H2,1H3. The Balaban J connectivity index is 1.62. The molecule has 3 rings (SSSR count). The molecule has 1 saturated carbocycles. The van der Waals surface area contributed by atoms with Gasteiger partial charge in [-0.2, -0.15) is 0 Å². The number of benzene rings is 1. The highest BCUT2D eigenvalue weighted by Gasteiger charge is 2.34. The van der Waals surface area contributed by atoms with Crippen LogP contribution < -0.4 is 10.6 Å². The summed E-state index contributed by atoms with van der Waals surface area (Å²) in [6, 6.07) is 6.21. The molecule has 0 bridgehead atoms. The summed E-state index contributed by atoms with van der Waals surface area (Å²) < 4.78 is 0. The van der Waals surface area contributed by atoms with Gasteiger partial charge in [-0.1, -0.05) is 6.07 Å². The van der Waals surface area contributed by atoms with Crippen LogP contribution >= 0.6 is 0 Å². The highest BCUT2D eigenvalue weighted by Crippen LogP contribution is 2.31. The molecule has 2 N–H and O–H groups in total. The van der Waals surface area contributed by atoms with Gasteiger partial charge in [-0.25, -0.2) is 0 Å². The molecule has 1 amide bonds. The molecule has 1 aliphatic heterocycles. The second-order valence-corrected chi connectivity index (χ2v) is 5.63. The molecular formula is C15H21N3O. The maximum atomic E-state index is 12.0. The summed E-state index contributed by atoms with van der Waals surface area (Å²) in [5.74, 6) is 0.699. The summed E-state index contributed by atoms with van der Waals surface area (Å²) in [6.07, 6.45) is 2.18. The van der Waals surface area contributed by atoms with E-state index in [-0.39, 0.29) is 0 Å². The van der Waals surface area contributed by atoms with E-state index in [0.717, 1.165) is 50.3 Å². The van der Waals surface area contributed by atoms with Crippen molar-refractivity contribution in [3.05, 3.63) is 23.8 Å². The van der Waals surface area contributed by atoms with Gasteiger partial charge in [0.25, 0.3) is 0 Å². The molecule has 0 atom stereocenters. The Bertz CT molecular complexity index is 488. The summed E-state index contributed by atoms with van der Waals surface area (Å²) >= 11 is 0. The first-order chi connectivity index (χ1) is 9.15. The number of nitrogens with two attached hydrogens (primary N) is 1. The fourth-order valence-corrected chi connectivity index (χ4v) is 2.60. The van der Waals surface area contributed by atoms with Gasteiger partial charge in [0.2, 0.25) is 5.91 Å². The van der Waals surface area contributed by atoms with Gasteiger partial charge in [-0.15, -0.1) is 0 Å². The fraction of sp³-hybridized carbons (Fsp3) is 0.533. The van der Waals surface area contributed by atoms with Gasteiger partial charge in [0, 0.05) is 43.5 Å². The van der Waals surface area contributed by atoms with Crippen LogP contribution in [0.4, 0.5) is 11.4 Å². The van der Waals surface area contributed by atoms with Crippen LogP contribution in [0.25, 0.3) is 0 Å². The summed E-state index contributed by atoms with van der Waals surface area (Å²) in [6.45, 7) is 5.50. The number of hydrogen-bond donors (Lipinski definition) is 1. The lowest BCUT2D eigenvalue weighted by Gasteiger charge is -2.36. The first kappa shape index (κ1) is 12.3. The molecule has 1 saturated heterocycles. The molecule has 2 fully saturated rings. The van der Waals surface area contributed by atoms with E-state index in [1.54, 1.807) is 0 Å². The topological polar surface area (TPSA) is 49.6 Å². The monoisotopic (exact) mass is 259 g/mol. The number of aryl methyl sites for hydroxylation is 1. The van der Waals surface area contributed by atoms with Crippen LogP contribution in [-0.2, 0) is 4.79 Å². The van der Waals surface area contributed by atoms with Gasteiger partial charge in [0.15, 0.2) is 0 Å². The first-order valence-electron chi connectivity index (χ1n) is 7.05. The van der Waals surface area contributed by atoms with Crippen molar-refractivity contribution in [1.82, 2.24) is 4.90 Å². The molecule has 4 heteroatoms.